The Hall–Kier alpha value is -4.93. The number of aromatic nitrogens is 2. The van der Waals surface area contributed by atoms with Crippen LogP contribution in [0.4, 0.5) is 5.82 Å². The molecule has 1 aliphatic rings. The van der Waals surface area contributed by atoms with E-state index in [-0.39, 0.29) is 10.7 Å². The summed E-state index contributed by atoms with van der Waals surface area (Å²) >= 11 is 0. The van der Waals surface area contributed by atoms with E-state index < -0.39 is 76.9 Å². The molecule has 1 aromatic heterocycles. The smallest absolute Gasteiger partial charge is 0.351 e. The minimum absolute atomic E-state index is 0.118. The highest BCUT2D eigenvalue weighted by Crippen LogP contribution is 2.42. The van der Waals surface area contributed by atoms with Crippen molar-refractivity contribution < 1.29 is 50.7 Å². The summed E-state index contributed by atoms with van der Waals surface area (Å²) in [4.78, 5) is 65.9. The molecule has 2 heterocycles. The fraction of sp³-hybridized carbons (Fsp3) is 0.333. The molecule has 2 aromatic carbocycles. The third-order valence-electron chi connectivity index (χ3n) is 6.72. The number of benzene rings is 2. The van der Waals surface area contributed by atoms with Crippen LogP contribution in [0.15, 0.2) is 76.6 Å². The van der Waals surface area contributed by atoms with Gasteiger partial charge >= 0.3 is 23.6 Å². The lowest BCUT2D eigenvalue weighted by molar-refractivity contribution is -0.183. The quantitative estimate of drug-likeness (QED) is 0.179. The van der Waals surface area contributed by atoms with E-state index in [2.05, 4.69) is 10.3 Å². The molecule has 0 radical (unpaired) electrons. The minimum Gasteiger partial charge on any atom is -0.463 e. The Morgan fingerprint density at radius 2 is 1.57 bits per heavy atom. The Morgan fingerprint density at radius 3 is 2.15 bits per heavy atom. The highest BCUT2D eigenvalue weighted by Gasteiger charge is 2.61. The maximum absolute atomic E-state index is 13.3. The van der Waals surface area contributed by atoms with Crippen molar-refractivity contribution in [2.24, 2.45) is 0 Å². The van der Waals surface area contributed by atoms with Crippen molar-refractivity contribution in [1.29, 1.82) is 0 Å². The van der Waals surface area contributed by atoms with Gasteiger partial charge < -0.3 is 24.3 Å². The van der Waals surface area contributed by atoms with E-state index in [1.54, 1.807) is 49.4 Å². The lowest BCUT2D eigenvalue weighted by Crippen LogP contribution is -2.53. The van der Waals surface area contributed by atoms with Gasteiger partial charge in [-0.2, -0.15) is 13.4 Å². The third kappa shape index (κ3) is 8.01. The van der Waals surface area contributed by atoms with E-state index >= 15 is 0 Å². The molecule has 1 amide bonds. The van der Waals surface area contributed by atoms with Crippen LogP contribution in [0.2, 0.25) is 0 Å². The number of amides is 1. The topological polar surface area (TPSA) is 195 Å². The molecule has 0 aliphatic carbocycles. The molecule has 1 fully saturated rings. The first-order valence-corrected chi connectivity index (χ1v) is 15.2. The van der Waals surface area contributed by atoms with Gasteiger partial charge in [-0.1, -0.05) is 35.9 Å². The number of hydrogen-bond acceptors (Lipinski definition) is 13. The molecule has 1 aliphatic heterocycles. The van der Waals surface area contributed by atoms with Crippen molar-refractivity contribution in [3.63, 3.8) is 0 Å². The van der Waals surface area contributed by atoms with Gasteiger partial charge in [-0.3, -0.25) is 27.9 Å². The van der Waals surface area contributed by atoms with Crippen LogP contribution in [0, 0.1) is 6.92 Å². The molecule has 0 spiro atoms. The first-order chi connectivity index (χ1) is 21.7. The largest absolute Gasteiger partial charge is 0.463 e. The van der Waals surface area contributed by atoms with Gasteiger partial charge in [0.05, 0.1) is 4.90 Å². The lowest BCUT2D eigenvalue weighted by Gasteiger charge is -2.32. The van der Waals surface area contributed by atoms with Gasteiger partial charge in [-0.15, -0.1) is 0 Å². The summed E-state index contributed by atoms with van der Waals surface area (Å²) in [6.07, 6.45) is -3.68. The summed E-state index contributed by atoms with van der Waals surface area (Å²) in [6.45, 7) is 3.27. The lowest BCUT2D eigenvalue weighted by atomic mass is 9.96. The molecule has 16 heteroatoms. The van der Waals surface area contributed by atoms with Crippen LogP contribution in [0.1, 0.15) is 42.9 Å². The molecular formula is C30H31N3O12S. The highest BCUT2D eigenvalue weighted by molar-refractivity contribution is 7.86. The average molecular weight is 658 g/mol. The molecule has 0 saturated carbocycles. The first kappa shape index (κ1) is 34.0. The van der Waals surface area contributed by atoms with Gasteiger partial charge in [0.25, 0.3) is 16.0 Å². The summed E-state index contributed by atoms with van der Waals surface area (Å²) in [5.41, 5.74) is -2.02. The molecule has 244 valence electrons. The second kappa shape index (κ2) is 14.0. The monoisotopic (exact) mass is 657 g/mol. The van der Waals surface area contributed by atoms with Gasteiger partial charge in [0.15, 0.2) is 24.0 Å². The van der Waals surface area contributed by atoms with Crippen molar-refractivity contribution >= 4 is 39.8 Å². The predicted octanol–water partition coefficient (Wildman–Crippen LogP) is 1.90. The van der Waals surface area contributed by atoms with Crippen LogP contribution in [0.25, 0.3) is 0 Å². The Labute approximate surface area is 263 Å². The van der Waals surface area contributed by atoms with E-state index in [9.17, 15) is 32.4 Å². The van der Waals surface area contributed by atoms with Crippen molar-refractivity contribution in [2.45, 2.75) is 56.6 Å². The zero-order valence-corrected chi connectivity index (χ0v) is 26.0. The Kier molecular flexibility index (Phi) is 10.3. The van der Waals surface area contributed by atoms with E-state index in [1.165, 1.54) is 24.4 Å². The van der Waals surface area contributed by atoms with Crippen molar-refractivity contribution in [2.75, 3.05) is 18.5 Å². The fourth-order valence-electron chi connectivity index (χ4n) is 4.61. The molecule has 4 rings (SSSR count). The summed E-state index contributed by atoms with van der Waals surface area (Å²) in [6, 6.07) is 15.2. The molecule has 1 saturated heterocycles. The van der Waals surface area contributed by atoms with Crippen molar-refractivity contribution in [1.82, 2.24) is 9.55 Å². The van der Waals surface area contributed by atoms with Crippen LogP contribution < -0.4 is 11.0 Å². The second-order valence-corrected chi connectivity index (χ2v) is 11.9. The number of esters is 3. The Morgan fingerprint density at radius 1 is 0.913 bits per heavy atom. The van der Waals surface area contributed by atoms with Crippen molar-refractivity contribution in [3.05, 3.63) is 88.5 Å². The van der Waals surface area contributed by atoms with E-state index in [4.69, 9.17) is 23.1 Å². The number of carbonyl (C=O) groups is 4. The standard InChI is InChI=1S/C30H31N3O12S/c1-18-10-12-23(13-11-18)46(39,40)42-17-30(16-41-19(2)34)26(44-21(4)36)25(43-20(3)35)28(45-30)33-15-14-24(32-29(33)38)31-27(37)22-8-6-5-7-9-22/h5-15,25-26,28H,16-17H2,1-4H3,(H,31,32,37,38)/t25-,26-,28-,30+/m1/s1. The summed E-state index contributed by atoms with van der Waals surface area (Å²) in [5.74, 6) is -3.24. The summed E-state index contributed by atoms with van der Waals surface area (Å²) < 4.78 is 54.7. The van der Waals surface area contributed by atoms with Crippen molar-refractivity contribution in [3.8, 4) is 0 Å². The number of nitrogens with one attached hydrogen (secondary N) is 1. The number of aryl methyl sites for hydroxylation is 1. The van der Waals surface area contributed by atoms with Crippen LogP contribution >= 0.6 is 0 Å². The highest BCUT2D eigenvalue weighted by atomic mass is 32.2. The van der Waals surface area contributed by atoms with Gasteiger partial charge in [-0.05, 0) is 37.3 Å². The maximum atomic E-state index is 13.3. The van der Waals surface area contributed by atoms with Crippen LogP contribution in [-0.2, 0) is 47.6 Å². The number of nitrogens with zero attached hydrogens (tertiary/aromatic N) is 2. The van der Waals surface area contributed by atoms with Crippen LogP contribution in [0.3, 0.4) is 0 Å². The number of hydrogen-bond donors (Lipinski definition) is 1. The maximum Gasteiger partial charge on any atom is 0.351 e. The molecule has 1 N–H and O–H groups in total. The van der Waals surface area contributed by atoms with Gasteiger partial charge in [0.2, 0.25) is 0 Å². The number of anilines is 1. The summed E-state index contributed by atoms with van der Waals surface area (Å²) in [5, 5.41) is 2.50. The molecule has 3 aromatic rings. The normalized spacial score (nSPS) is 20.8. The SMILES string of the molecule is CC(=O)OC[C@@]1(COS(=O)(=O)c2ccc(C)cc2)O[C@@H](n2ccc(NC(=O)c3ccccc3)nc2=O)[C@H](OC(C)=O)[C@H]1OC(C)=O. The number of carbonyl (C=O) groups excluding carboxylic acids is 4. The summed E-state index contributed by atoms with van der Waals surface area (Å²) in [7, 11) is -4.45. The molecule has 4 atom stereocenters. The predicted molar refractivity (Wildman–Crippen MR) is 158 cm³/mol. The fourth-order valence-corrected chi connectivity index (χ4v) is 5.57. The number of rotatable bonds is 11. The van der Waals surface area contributed by atoms with E-state index in [1.807, 2.05) is 0 Å². The zero-order valence-electron chi connectivity index (χ0n) is 25.2. The van der Waals surface area contributed by atoms with Gasteiger partial charge in [-0.25, -0.2) is 4.79 Å². The number of ether oxygens (including phenoxy) is 4. The molecule has 46 heavy (non-hydrogen) atoms. The molecular weight excluding hydrogens is 626 g/mol. The third-order valence-corrected chi connectivity index (χ3v) is 8.00. The molecule has 0 bridgehead atoms. The first-order valence-electron chi connectivity index (χ1n) is 13.8. The Balaban J connectivity index is 1.74. The van der Waals surface area contributed by atoms with E-state index in [0.717, 1.165) is 30.9 Å². The molecule has 0 unspecified atom stereocenters. The van der Waals surface area contributed by atoms with E-state index in [0.29, 0.717) is 5.56 Å². The van der Waals surface area contributed by atoms with Gasteiger partial charge in [0, 0.05) is 32.5 Å². The zero-order chi connectivity index (χ0) is 33.6. The van der Waals surface area contributed by atoms with Crippen LogP contribution in [-0.4, -0.2) is 72.8 Å². The van der Waals surface area contributed by atoms with Crippen LogP contribution in [0.5, 0.6) is 0 Å². The minimum atomic E-state index is -4.45. The average Bonchev–Trinajstić information content (AvgIpc) is 3.27. The molecule has 15 nitrogen and oxygen atoms in total. The Bertz CT molecular complexity index is 1780. The second-order valence-electron chi connectivity index (χ2n) is 10.3. The van der Waals surface area contributed by atoms with Gasteiger partial charge in [0.1, 0.15) is 19.0 Å².